The van der Waals surface area contributed by atoms with Crippen molar-refractivity contribution in [3.8, 4) is 0 Å². The highest BCUT2D eigenvalue weighted by Gasteiger charge is 2.28. The van der Waals surface area contributed by atoms with Crippen LogP contribution in [0.3, 0.4) is 0 Å². The van der Waals surface area contributed by atoms with Crippen molar-refractivity contribution >= 4 is 20.0 Å². The standard InChI is InChI=1S/C17H20N2O4S2/c1-13-3-2-4-14(11-13)12-18-24(20,21)16-7-9-17(10-8-16)25(22,23)19-15-5-6-15/h2-4,7-11,15,18-19H,5-6,12H2,1H3. The summed E-state index contributed by atoms with van der Waals surface area (Å²) < 4.78 is 54.0. The topological polar surface area (TPSA) is 92.3 Å². The summed E-state index contributed by atoms with van der Waals surface area (Å²) in [6.45, 7) is 2.11. The number of sulfonamides is 2. The van der Waals surface area contributed by atoms with Gasteiger partial charge in [-0.05, 0) is 49.6 Å². The SMILES string of the molecule is Cc1cccc(CNS(=O)(=O)c2ccc(S(=O)(=O)NC3CC3)cc2)c1. The van der Waals surface area contributed by atoms with Crippen LogP contribution in [0.4, 0.5) is 0 Å². The zero-order chi connectivity index (χ0) is 18.1. The number of rotatable bonds is 7. The van der Waals surface area contributed by atoms with Gasteiger partial charge in [0.25, 0.3) is 0 Å². The zero-order valence-corrected chi connectivity index (χ0v) is 15.4. The molecule has 0 aliphatic heterocycles. The molecule has 6 nitrogen and oxygen atoms in total. The van der Waals surface area contributed by atoms with E-state index in [-0.39, 0.29) is 22.4 Å². The molecule has 0 radical (unpaired) electrons. The Bertz CT molecular complexity index is 964. The lowest BCUT2D eigenvalue weighted by atomic mass is 10.1. The molecule has 1 aliphatic carbocycles. The molecule has 1 fully saturated rings. The monoisotopic (exact) mass is 380 g/mol. The zero-order valence-electron chi connectivity index (χ0n) is 13.8. The highest BCUT2D eigenvalue weighted by atomic mass is 32.2. The number of nitrogens with one attached hydrogen (secondary N) is 2. The normalized spacial score (nSPS) is 15.2. The molecule has 0 aromatic heterocycles. The fourth-order valence-corrected chi connectivity index (χ4v) is 4.69. The molecule has 0 bridgehead atoms. The predicted octanol–water partition coefficient (Wildman–Crippen LogP) is 1.91. The molecule has 0 saturated heterocycles. The van der Waals surface area contributed by atoms with Gasteiger partial charge in [0.05, 0.1) is 9.79 Å². The summed E-state index contributed by atoms with van der Waals surface area (Å²) in [4.78, 5) is 0.0996. The second-order valence-electron chi connectivity index (χ2n) is 6.18. The van der Waals surface area contributed by atoms with Crippen LogP contribution in [0, 0.1) is 6.92 Å². The molecule has 3 rings (SSSR count). The van der Waals surface area contributed by atoms with Crippen LogP contribution in [-0.2, 0) is 26.6 Å². The first-order valence-electron chi connectivity index (χ1n) is 7.94. The van der Waals surface area contributed by atoms with E-state index in [1.165, 1.54) is 24.3 Å². The van der Waals surface area contributed by atoms with Crippen molar-refractivity contribution in [3.05, 3.63) is 59.7 Å². The van der Waals surface area contributed by atoms with Crippen LogP contribution >= 0.6 is 0 Å². The van der Waals surface area contributed by atoms with Crippen LogP contribution < -0.4 is 9.44 Å². The van der Waals surface area contributed by atoms with Crippen LogP contribution in [0.25, 0.3) is 0 Å². The summed E-state index contributed by atoms with van der Waals surface area (Å²) in [5.41, 5.74) is 1.91. The second kappa shape index (κ2) is 6.87. The van der Waals surface area contributed by atoms with Crippen molar-refractivity contribution in [1.82, 2.24) is 9.44 Å². The molecule has 134 valence electrons. The first-order valence-corrected chi connectivity index (χ1v) is 10.9. The van der Waals surface area contributed by atoms with E-state index in [0.717, 1.165) is 24.0 Å². The number of hydrogen-bond donors (Lipinski definition) is 2. The van der Waals surface area contributed by atoms with Crippen LogP contribution in [0.5, 0.6) is 0 Å². The quantitative estimate of drug-likeness (QED) is 0.767. The van der Waals surface area contributed by atoms with Gasteiger partial charge in [-0.25, -0.2) is 26.3 Å². The van der Waals surface area contributed by atoms with Crippen molar-refractivity contribution in [1.29, 1.82) is 0 Å². The molecule has 0 unspecified atom stereocenters. The Morgan fingerprint density at radius 2 is 1.52 bits per heavy atom. The Morgan fingerprint density at radius 1 is 0.920 bits per heavy atom. The van der Waals surface area contributed by atoms with Crippen molar-refractivity contribution in [2.75, 3.05) is 0 Å². The Morgan fingerprint density at radius 3 is 2.08 bits per heavy atom. The third kappa shape index (κ3) is 4.66. The lowest BCUT2D eigenvalue weighted by molar-refractivity contribution is 0.577. The molecule has 2 aromatic rings. The average Bonchev–Trinajstić information content (AvgIpc) is 3.37. The minimum absolute atomic E-state index is 0.00408. The first kappa shape index (κ1) is 18.1. The third-order valence-electron chi connectivity index (χ3n) is 3.89. The smallest absolute Gasteiger partial charge is 0.208 e. The van der Waals surface area contributed by atoms with Crippen LogP contribution in [0.1, 0.15) is 24.0 Å². The van der Waals surface area contributed by atoms with Gasteiger partial charge >= 0.3 is 0 Å². The van der Waals surface area contributed by atoms with Gasteiger partial charge in [-0.3, -0.25) is 0 Å². The van der Waals surface area contributed by atoms with E-state index < -0.39 is 20.0 Å². The summed E-state index contributed by atoms with van der Waals surface area (Å²) in [7, 11) is -7.29. The molecule has 2 N–H and O–H groups in total. The molecule has 0 atom stereocenters. The summed E-state index contributed by atoms with van der Waals surface area (Å²) >= 11 is 0. The Kier molecular flexibility index (Phi) is 4.97. The lowest BCUT2D eigenvalue weighted by Gasteiger charge is -2.09. The van der Waals surface area contributed by atoms with Crippen LogP contribution in [0.15, 0.2) is 58.3 Å². The summed E-state index contributed by atoms with van der Waals surface area (Å²) in [5, 5.41) is 0. The van der Waals surface area contributed by atoms with E-state index in [1.54, 1.807) is 0 Å². The fraction of sp³-hybridized carbons (Fsp3) is 0.294. The fourth-order valence-electron chi connectivity index (χ4n) is 2.37. The molecule has 2 aromatic carbocycles. The molecular weight excluding hydrogens is 360 g/mol. The third-order valence-corrected chi connectivity index (χ3v) is 6.85. The van der Waals surface area contributed by atoms with E-state index >= 15 is 0 Å². The van der Waals surface area contributed by atoms with Gasteiger partial charge < -0.3 is 0 Å². The maximum Gasteiger partial charge on any atom is 0.240 e. The van der Waals surface area contributed by atoms with Crippen LogP contribution in [-0.4, -0.2) is 22.9 Å². The van der Waals surface area contributed by atoms with E-state index in [2.05, 4.69) is 9.44 Å². The van der Waals surface area contributed by atoms with Crippen molar-refractivity contribution in [2.45, 2.75) is 42.1 Å². The molecule has 25 heavy (non-hydrogen) atoms. The maximum atomic E-state index is 12.4. The largest absolute Gasteiger partial charge is 0.240 e. The maximum absolute atomic E-state index is 12.4. The summed E-state index contributed by atoms with van der Waals surface area (Å²) in [6, 6.07) is 12.8. The Balaban J connectivity index is 1.71. The minimum Gasteiger partial charge on any atom is -0.208 e. The van der Waals surface area contributed by atoms with E-state index in [0.29, 0.717) is 0 Å². The number of aryl methyl sites for hydroxylation is 1. The number of hydrogen-bond acceptors (Lipinski definition) is 4. The lowest BCUT2D eigenvalue weighted by Crippen LogP contribution is -2.26. The van der Waals surface area contributed by atoms with Gasteiger partial charge in [0.1, 0.15) is 0 Å². The van der Waals surface area contributed by atoms with E-state index in [1.807, 2.05) is 31.2 Å². The molecule has 8 heteroatoms. The Hall–Kier alpha value is -1.74. The average molecular weight is 380 g/mol. The van der Waals surface area contributed by atoms with E-state index in [4.69, 9.17) is 0 Å². The molecule has 1 saturated carbocycles. The van der Waals surface area contributed by atoms with Crippen molar-refractivity contribution < 1.29 is 16.8 Å². The molecule has 0 spiro atoms. The molecular formula is C17H20N2O4S2. The van der Waals surface area contributed by atoms with Gasteiger partial charge in [0.15, 0.2) is 0 Å². The van der Waals surface area contributed by atoms with E-state index in [9.17, 15) is 16.8 Å². The van der Waals surface area contributed by atoms with Gasteiger partial charge in [-0.1, -0.05) is 29.8 Å². The summed E-state index contributed by atoms with van der Waals surface area (Å²) in [5.74, 6) is 0. The first-order chi connectivity index (χ1) is 11.8. The minimum atomic E-state index is -3.71. The van der Waals surface area contributed by atoms with Gasteiger partial charge in [0.2, 0.25) is 20.0 Å². The van der Waals surface area contributed by atoms with Crippen molar-refractivity contribution in [3.63, 3.8) is 0 Å². The highest BCUT2D eigenvalue weighted by molar-refractivity contribution is 7.90. The predicted molar refractivity (Wildman–Crippen MR) is 95.0 cm³/mol. The molecule has 1 aliphatic rings. The van der Waals surface area contributed by atoms with Crippen molar-refractivity contribution in [2.24, 2.45) is 0 Å². The summed E-state index contributed by atoms with van der Waals surface area (Å²) in [6.07, 6.45) is 1.68. The van der Waals surface area contributed by atoms with Gasteiger partial charge in [-0.2, -0.15) is 0 Å². The molecule has 0 amide bonds. The Labute approximate surface area is 148 Å². The number of benzene rings is 2. The molecule has 0 heterocycles. The van der Waals surface area contributed by atoms with Crippen LogP contribution in [0.2, 0.25) is 0 Å². The highest BCUT2D eigenvalue weighted by Crippen LogP contribution is 2.22. The van der Waals surface area contributed by atoms with Gasteiger partial charge in [0, 0.05) is 12.6 Å². The second-order valence-corrected chi connectivity index (χ2v) is 9.66. The van der Waals surface area contributed by atoms with Gasteiger partial charge in [-0.15, -0.1) is 0 Å².